The van der Waals surface area contributed by atoms with Gasteiger partial charge in [-0.3, -0.25) is 0 Å². The van der Waals surface area contributed by atoms with Crippen LogP contribution in [0.5, 0.6) is 11.5 Å². The van der Waals surface area contributed by atoms with Crippen molar-refractivity contribution in [2.75, 3.05) is 26.9 Å². The van der Waals surface area contributed by atoms with Crippen LogP contribution in [0, 0.1) is 0 Å². The molecule has 5 nitrogen and oxygen atoms in total. The third-order valence-electron chi connectivity index (χ3n) is 3.55. The van der Waals surface area contributed by atoms with Gasteiger partial charge >= 0.3 is 0 Å². The second-order valence-electron chi connectivity index (χ2n) is 5.35. The second kappa shape index (κ2) is 7.64. The second-order valence-corrected chi connectivity index (χ2v) is 5.35. The minimum atomic E-state index is -0.0856. The number of aliphatic hydroxyl groups is 1. The van der Waals surface area contributed by atoms with Crippen molar-refractivity contribution < 1.29 is 19.3 Å². The summed E-state index contributed by atoms with van der Waals surface area (Å²) in [5.74, 6) is 1.82. The van der Waals surface area contributed by atoms with Crippen LogP contribution in [-0.4, -0.2) is 44.2 Å². The highest BCUT2D eigenvalue weighted by atomic mass is 16.5. The minimum Gasteiger partial charge on any atom is -0.494 e. The molecule has 1 aliphatic heterocycles. The standard InChI is InChI=1S/C16H25NO4/c1-4-20-15-6-12-5-11(2)21-16(12)7-13(15)8-17-14(9-18)10-19-3/h6-7,11,14,17-18H,4-5,8-10H2,1-3H3. The monoisotopic (exact) mass is 295 g/mol. The number of methoxy groups -OCH3 is 1. The lowest BCUT2D eigenvalue weighted by Crippen LogP contribution is -2.36. The first-order valence-electron chi connectivity index (χ1n) is 7.46. The summed E-state index contributed by atoms with van der Waals surface area (Å²) in [7, 11) is 1.63. The van der Waals surface area contributed by atoms with Crippen LogP contribution in [0.25, 0.3) is 0 Å². The van der Waals surface area contributed by atoms with E-state index in [0.717, 1.165) is 23.5 Å². The molecule has 0 fully saturated rings. The molecule has 1 aliphatic rings. The molecule has 0 radical (unpaired) electrons. The summed E-state index contributed by atoms with van der Waals surface area (Å²) < 4.78 is 16.6. The Labute approximate surface area is 126 Å². The van der Waals surface area contributed by atoms with Gasteiger partial charge in [-0.2, -0.15) is 0 Å². The molecule has 2 atom stereocenters. The average Bonchev–Trinajstić information content (AvgIpc) is 2.82. The Morgan fingerprint density at radius 3 is 2.95 bits per heavy atom. The number of hydrogen-bond donors (Lipinski definition) is 2. The van der Waals surface area contributed by atoms with Crippen molar-refractivity contribution >= 4 is 0 Å². The molecule has 2 unspecified atom stereocenters. The van der Waals surface area contributed by atoms with E-state index < -0.39 is 0 Å². The van der Waals surface area contributed by atoms with Crippen molar-refractivity contribution in [2.24, 2.45) is 0 Å². The molecule has 21 heavy (non-hydrogen) atoms. The van der Waals surface area contributed by atoms with Gasteiger partial charge in [-0.25, -0.2) is 0 Å². The summed E-state index contributed by atoms with van der Waals surface area (Å²) in [6.07, 6.45) is 1.14. The van der Waals surface area contributed by atoms with Gasteiger partial charge in [-0.15, -0.1) is 0 Å². The molecule has 0 saturated carbocycles. The zero-order chi connectivity index (χ0) is 15.2. The lowest BCUT2D eigenvalue weighted by atomic mass is 10.1. The summed E-state index contributed by atoms with van der Waals surface area (Å²) in [6.45, 7) is 5.79. The molecule has 0 aliphatic carbocycles. The van der Waals surface area contributed by atoms with Gasteiger partial charge in [0.05, 0.1) is 25.9 Å². The van der Waals surface area contributed by atoms with E-state index in [1.807, 2.05) is 13.0 Å². The highest BCUT2D eigenvalue weighted by Crippen LogP contribution is 2.35. The minimum absolute atomic E-state index is 0.0380. The van der Waals surface area contributed by atoms with Gasteiger partial charge < -0.3 is 24.6 Å². The maximum Gasteiger partial charge on any atom is 0.124 e. The van der Waals surface area contributed by atoms with E-state index in [9.17, 15) is 5.11 Å². The number of nitrogens with one attached hydrogen (secondary N) is 1. The van der Waals surface area contributed by atoms with Crippen molar-refractivity contribution in [1.29, 1.82) is 0 Å². The molecule has 1 aromatic rings. The average molecular weight is 295 g/mol. The van der Waals surface area contributed by atoms with Crippen LogP contribution in [0.4, 0.5) is 0 Å². The van der Waals surface area contributed by atoms with Gasteiger partial charge in [0, 0.05) is 31.2 Å². The normalized spacial score (nSPS) is 18.2. The summed E-state index contributed by atoms with van der Waals surface area (Å²) in [5.41, 5.74) is 2.24. The largest absolute Gasteiger partial charge is 0.494 e. The van der Waals surface area contributed by atoms with Crippen LogP contribution in [0.2, 0.25) is 0 Å². The number of aliphatic hydroxyl groups excluding tert-OH is 1. The van der Waals surface area contributed by atoms with E-state index in [1.54, 1.807) is 7.11 Å². The maximum absolute atomic E-state index is 9.30. The molecule has 5 heteroatoms. The van der Waals surface area contributed by atoms with Gasteiger partial charge in [-0.05, 0) is 26.0 Å². The highest BCUT2D eigenvalue weighted by Gasteiger charge is 2.22. The van der Waals surface area contributed by atoms with Crippen LogP contribution in [0.15, 0.2) is 12.1 Å². The van der Waals surface area contributed by atoms with E-state index in [2.05, 4.69) is 18.3 Å². The Balaban J connectivity index is 2.12. The maximum atomic E-state index is 9.30. The predicted molar refractivity (Wildman–Crippen MR) is 81.0 cm³/mol. The first kappa shape index (κ1) is 16.1. The fourth-order valence-corrected chi connectivity index (χ4v) is 2.54. The molecule has 118 valence electrons. The van der Waals surface area contributed by atoms with Crippen LogP contribution in [-0.2, 0) is 17.7 Å². The number of hydrogen-bond acceptors (Lipinski definition) is 5. The number of ether oxygens (including phenoxy) is 3. The third-order valence-corrected chi connectivity index (χ3v) is 3.55. The Kier molecular flexibility index (Phi) is 5.85. The Hall–Kier alpha value is -1.30. The molecule has 2 rings (SSSR count). The molecule has 0 amide bonds. The first-order chi connectivity index (χ1) is 10.2. The first-order valence-corrected chi connectivity index (χ1v) is 7.46. The highest BCUT2D eigenvalue weighted by molar-refractivity contribution is 5.48. The molecule has 0 saturated heterocycles. The summed E-state index contributed by atoms with van der Waals surface area (Å²) in [4.78, 5) is 0. The molecular weight excluding hydrogens is 270 g/mol. The fourth-order valence-electron chi connectivity index (χ4n) is 2.54. The quantitative estimate of drug-likeness (QED) is 0.761. The molecule has 0 aromatic heterocycles. The Bertz CT molecular complexity index is 464. The van der Waals surface area contributed by atoms with E-state index in [-0.39, 0.29) is 18.8 Å². The van der Waals surface area contributed by atoms with Gasteiger partial charge in [0.2, 0.25) is 0 Å². The zero-order valence-corrected chi connectivity index (χ0v) is 13.0. The van der Waals surface area contributed by atoms with Crippen molar-refractivity contribution in [3.05, 3.63) is 23.3 Å². The summed E-state index contributed by atoms with van der Waals surface area (Å²) in [5, 5.41) is 12.6. The molecule has 0 spiro atoms. The number of benzene rings is 1. The SMILES string of the molecule is CCOc1cc2c(cc1CNC(CO)COC)OC(C)C2. The van der Waals surface area contributed by atoms with E-state index in [1.165, 1.54) is 5.56 Å². The van der Waals surface area contributed by atoms with Crippen molar-refractivity contribution in [1.82, 2.24) is 5.32 Å². The van der Waals surface area contributed by atoms with Crippen LogP contribution in [0.3, 0.4) is 0 Å². The number of fused-ring (bicyclic) bond motifs is 1. The molecule has 0 bridgehead atoms. The Morgan fingerprint density at radius 2 is 2.29 bits per heavy atom. The van der Waals surface area contributed by atoms with Crippen LogP contribution >= 0.6 is 0 Å². The van der Waals surface area contributed by atoms with Gasteiger partial charge in [0.1, 0.15) is 17.6 Å². The van der Waals surface area contributed by atoms with Crippen molar-refractivity contribution in [3.8, 4) is 11.5 Å². The summed E-state index contributed by atoms with van der Waals surface area (Å²) >= 11 is 0. The van der Waals surface area contributed by atoms with Crippen molar-refractivity contribution in [2.45, 2.75) is 39.0 Å². The predicted octanol–water partition coefficient (Wildman–Crippen LogP) is 1.51. The number of rotatable bonds is 8. The van der Waals surface area contributed by atoms with Crippen molar-refractivity contribution in [3.63, 3.8) is 0 Å². The van der Waals surface area contributed by atoms with Gasteiger partial charge in [0.25, 0.3) is 0 Å². The van der Waals surface area contributed by atoms with E-state index in [0.29, 0.717) is 19.8 Å². The lowest BCUT2D eigenvalue weighted by Gasteiger charge is -2.17. The molecule has 1 aromatic carbocycles. The van der Waals surface area contributed by atoms with Crippen LogP contribution in [0.1, 0.15) is 25.0 Å². The third kappa shape index (κ3) is 4.09. The van der Waals surface area contributed by atoms with E-state index >= 15 is 0 Å². The topological polar surface area (TPSA) is 60.0 Å². The Morgan fingerprint density at radius 1 is 1.48 bits per heavy atom. The smallest absolute Gasteiger partial charge is 0.124 e. The molecule has 2 N–H and O–H groups in total. The van der Waals surface area contributed by atoms with Gasteiger partial charge in [0.15, 0.2) is 0 Å². The van der Waals surface area contributed by atoms with Crippen LogP contribution < -0.4 is 14.8 Å². The van der Waals surface area contributed by atoms with Gasteiger partial charge in [-0.1, -0.05) is 0 Å². The fraction of sp³-hybridized carbons (Fsp3) is 0.625. The lowest BCUT2D eigenvalue weighted by molar-refractivity contribution is 0.128. The zero-order valence-electron chi connectivity index (χ0n) is 13.0. The molecular formula is C16H25NO4. The summed E-state index contributed by atoms with van der Waals surface area (Å²) in [6, 6.07) is 4.03. The molecule has 1 heterocycles. The van der Waals surface area contributed by atoms with E-state index in [4.69, 9.17) is 14.2 Å².